The number of aliphatic hydroxyl groups is 1. The molecule has 0 spiro atoms. The highest BCUT2D eigenvalue weighted by atomic mass is 31.2. The summed E-state index contributed by atoms with van der Waals surface area (Å²) in [4.78, 5) is 20.0. The van der Waals surface area contributed by atoms with Crippen molar-refractivity contribution in [2.24, 2.45) is 11.8 Å². The predicted octanol–water partition coefficient (Wildman–Crippen LogP) is 2.56. The maximum atomic E-state index is 10.2. The summed E-state index contributed by atoms with van der Waals surface area (Å²) in [6.07, 6.45) is 8.39. The zero-order valence-corrected chi connectivity index (χ0v) is 11.6. The van der Waals surface area contributed by atoms with E-state index in [-0.39, 0.29) is 11.8 Å². The molecule has 0 saturated heterocycles. The lowest BCUT2D eigenvalue weighted by Crippen LogP contribution is -2.39. The molecule has 0 aromatic carbocycles. The molecule has 0 heterocycles. The van der Waals surface area contributed by atoms with Gasteiger partial charge in [-0.05, 0) is 38.0 Å². The Hall–Kier alpha value is 0.310. The molecular weight excluding hydrogens is 235 g/mol. The summed E-state index contributed by atoms with van der Waals surface area (Å²) in [5.41, 5.74) is 0.0500. The molecule has 3 N–H and O–H groups in total. The van der Waals surface area contributed by atoms with Crippen LogP contribution < -0.4 is 0 Å². The number of hydrogen-bond acceptors (Lipinski definition) is 3. The fourth-order valence-electron chi connectivity index (χ4n) is 3.89. The van der Waals surface area contributed by atoms with Crippen LogP contribution in [0.2, 0.25) is 0 Å². The van der Waals surface area contributed by atoms with E-state index in [4.69, 9.17) is 0 Å². The average Bonchev–Trinajstić information content (AvgIpc) is 2.28. The quantitative estimate of drug-likeness (QED) is 0.669. The number of rotatable bonds is 2. The predicted molar refractivity (Wildman–Crippen MR) is 71.0 cm³/mol. The summed E-state index contributed by atoms with van der Waals surface area (Å²) in [5.74, 6) is 0.653. The Labute approximate surface area is 105 Å². The van der Waals surface area contributed by atoms with E-state index in [2.05, 4.69) is 0 Å². The summed E-state index contributed by atoms with van der Waals surface area (Å²) in [7, 11) is -2.75. The van der Waals surface area contributed by atoms with Gasteiger partial charge < -0.3 is 5.11 Å². The Morgan fingerprint density at radius 2 is 1.35 bits per heavy atom. The Bertz CT molecular complexity index is 252. The highest BCUT2D eigenvalue weighted by molar-refractivity contribution is 7.64. The molecule has 4 heteroatoms. The SMILES string of the molecule is C[P+](O)(O)C1CCCCC1C1CCCCC1O. The van der Waals surface area contributed by atoms with Crippen molar-refractivity contribution in [3.63, 3.8) is 0 Å². The first-order chi connectivity index (χ1) is 8.00. The van der Waals surface area contributed by atoms with Gasteiger partial charge in [-0.3, -0.25) is 0 Å². The van der Waals surface area contributed by atoms with Gasteiger partial charge in [-0.2, -0.15) is 0 Å². The monoisotopic (exact) mass is 261 g/mol. The summed E-state index contributed by atoms with van der Waals surface area (Å²) in [6.45, 7) is 1.62. The van der Waals surface area contributed by atoms with E-state index in [9.17, 15) is 14.9 Å². The summed E-state index contributed by atoms with van der Waals surface area (Å²) in [5, 5.41) is 10.2. The van der Waals surface area contributed by atoms with Gasteiger partial charge in [-0.15, -0.1) is 0 Å². The van der Waals surface area contributed by atoms with Crippen molar-refractivity contribution in [3.05, 3.63) is 0 Å². The molecule has 0 aromatic heterocycles. The summed E-state index contributed by atoms with van der Waals surface area (Å²) in [6, 6.07) is 0. The normalized spacial score (nSPS) is 40.2. The van der Waals surface area contributed by atoms with E-state index >= 15 is 0 Å². The van der Waals surface area contributed by atoms with E-state index in [1.807, 2.05) is 0 Å². The molecule has 2 fully saturated rings. The Morgan fingerprint density at radius 3 is 1.94 bits per heavy atom. The second kappa shape index (κ2) is 5.52. The van der Waals surface area contributed by atoms with Crippen molar-refractivity contribution >= 4 is 7.72 Å². The van der Waals surface area contributed by atoms with Crippen molar-refractivity contribution in [1.82, 2.24) is 0 Å². The van der Waals surface area contributed by atoms with Gasteiger partial charge in [-0.1, -0.05) is 19.3 Å². The van der Waals surface area contributed by atoms with Crippen LogP contribution in [0.1, 0.15) is 51.4 Å². The van der Waals surface area contributed by atoms with E-state index in [0.717, 1.165) is 38.5 Å². The lowest BCUT2D eigenvalue weighted by atomic mass is 9.71. The molecule has 0 amide bonds. The first kappa shape index (κ1) is 13.7. The third-order valence-corrected chi connectivity index (χ3v) is 6.64. The van der Waals surface area contributed by atoms with Gasteiger partial charge in [0.1, 0.15) is 12.3 Å². The molecule has 2 saturated carbocycles. The van der Waals surface area contributed by atoms with Crippen LogP contribution in [0, 0.1) is 11.8 Å². The van der Waals surface area contributed by atoms with Crippen LogP contribution in [-0.2, 0) is 0 Å². The smallest absolute Gasteiger partial charge is 0.268 e. The van der Waals surface area contributed by atoms with Crippen LogP contribution in [0.25, 0.3) is 0 Å². The lowest BCUT2D eigenvalue weighted by molar-refractivity contribution is 0.0252. The molecule has 4 unspecified atom stereocenters. The average molecular weight is 261 g/mol. The molecule has 0 radical (unpaired) electrons. The fourth-order valence-corrected chi connectivity index (χ4v) is 5.65. The maximum Gasteiger partial charge on any atom is 0.268 e. The van der Waals surface area contributed by atoms with E-state index in [0.29, 0.717) is 11.8 Å². The fraction of sp³-hybridized carbons (Fsp3) is 1.00. The minimum atomic E-state index is -2.75. The van der Waals surface area contributed by atoms with Crippen LogP contribution in [0.5, 0.6) is 0 Å². The molecule has 100 valence electrons. The zero-order chi connectivity index (χ0) is 12.5. The summed E-state index contributed by atoms with van der Waals surface area (Å²) >= 11 is 0. The second-order valence-electron chi connectivity index (χ2n) is 6.01. The largest absolute Gasteiger partial charge is 0.393 e. The standard InChI is InChI=1S/C13H26O3P/c1-17(15,16)13-9-5-3-7-11(13)10-6-2-4-8-12(10)14/h10-16H,2-9H2,1H3/q+1. The van der Waals surface area contributed by atoms with Crippen molar-refractivity contribution in [2.45, 2.75) is 63.1 Å². The van der Waals surface area contributed by atoms with Gasteiger partial charge >= 0.3 is 0 Å². The molecule has 2 aliphatic carbocycles. The first-order valence-electron chi connectivity index (χ1n) is 7.00. The minimum absolute atomic E-state index is 0.0500. The Balaban J connectivity index is 2.10. The third-order valence-electron chi connectivity index (χ3n) is 4.74. The van der Waals surface area contributed by atoms with Gasteiger partial charge in [0, 0.05) is 5.92 Å². The van der Waals surface area contributed by atoms with E-state index in [1.165, 1.54) is 12.8 Å². The van der Waals surface area contributed by atoms with Gasteiger partial charge in [0.15, 0.2) is 0 Å². The number of aliphatic hydroxyl groups excluding tert-OH is 1. The Kier molecular flexibility index (Phi) is 4.46. The molecule has 2 aliphatic rings. The first-order valence-corrected chi connectivity index (χ1v) is 9.21. The lowest BCUT2D eigenvalue weighted by Gasteiger charge is -2.40. The highest BCUT2D eigenvalue weighted by Gasteiger charge is 2.49. The zero-order valence-electron chi connectivity index (χ0n) is 10.8. The Morgan fingerprint density at radius 1 is 0.824 bits per heavy atom. The van der Waals surface area contributed by atoms with Crippen LogP contribution in [0.4, 0.5) is 0 Å². The van der Waals surface area contributed by atoms with Crippen LogP contribution >= 0.6 is 7.72 Å². The second-order valence-corrected chi connectivity index (χ2v) is 8.63. The van der Waals surface area contributed by atoms with E-state index < -0.39 is 7.72 Å². The van der Waals surface area contributed by atoms with Crippen LogP contribution in [0.15, 0.2) is 0 Å². The minimum Gasteiger partial charge on any atom is -0.393 e. The molecule has 0 aromatic rings. The van der Waals surface area contributed by atoms with Crippen LogP contribution in [0.3, 0.4) is 0 Å². The molecule has 4 atom stereocenters. The molecular formula is C13H26O3P+. The number of hydrogen-bond donors (Lipinski definition) is 3. The van der Waals surface area contributed by atoms with Crippen molar-refractivity contribution in [1.29, 1.82) is 0 Å². The molecule has 3 nitrogen and oxygen atoms in total. The van der Waals surface area contributed by atoms with Crippen molar-refractivity contribution in [2.75, 3.05) is 6.66 Å². The topological polar surface area (TPSA) is 60.7 Å². The van der Waals surface area contributed by atoms with Gasteiger partial charge in [-0.25, -0.2) is 9.79 Å². The van der Waals surface area contributed by atoms with Crippen molar-refractivity contribution in [3.8, 4) is 0 Å². The summed E-state index contributed by atoms with van der Waals surface area (Å²) < 4.78 is 0. The van der Waals surface area contributed by atoms with Gasteiger partial charge in [0.25, 0.3) is 7.72 Å². The van der Waals surface area contributed by atoms with Crippen LogP contribution in [-0.4, -0.2) is 33.3 Å². The highest BCUT2D eigenvalue weighted by Crippen LogP contribution is 2.60. The van der Waals surface area contributed by atoms with Crippen molar-refractivity contribution < 1.29 is 14.9 Å². The van der Waals surface area contributed by atoms with Gasteiger partial charge in [0.2, 0.25) is 0 Å². The van der Waals surface area contributed by atoms with E-state index in [1.54, 1.807) is 6.66 Å². The molecule has 17 heavy (non-hydrogen) atoms. The third kappa shape index (κ3) is 3.20. The molecule has 0 aliphatic heterocycles. The maximum absolute atomic E-state index is 10.2. The van der Waals surface area contributed by atoms with Gasteiger partial charge in [0.05, 0.1) is 6.10 Å². The molecule has 2 rings (SSSR count). The molecule has 0 bridgehead atoms.